The second kappa shape index (κ2) is 1.84. The first-order valence-electron chi connectivity index (χ1n) is 2.06. The van der Waals surface area contributed by atoms with Crippen molar-refractivity contribution >= 4 is 24.8 Å². The molecule has 0 aromatic carbocycles. The highest BCUT2D eigenvalue weighted by atomic mass is 33.1. The normalized spacial score (nSPS) is 48.7. The molecular weight excluding hydrogens is 146 g/mol. The molecule has 0 aliphatic carbocycles. The lowest BCUT2D eigenvalue weighted by molar-refractivity contribution is 0.341. The highest BCUT2D eigenvalue weighted by molar-refractivity contribution is 9.03. The van der Waals surface area contributed by atoms with E-state index in [1.54, 1.807) is 0 Å². The van der Waals surface area contributed by atoms with E-state index < -0.39 is 0 Å². The number of aliphatic hydroxyl groups excluding tert-OH is 1. The Labute approximate surface area is 48.6 Å². The van der Waals surface area contributed by atoms with E-state index in [0.29, 0.717) is 0 Å². The maximum absolute atomic E-state index is 8.83. The van der Waals surface area contributed by atoms with Crippen molar-refractivity contribution in [1.82, 2.24) is 0 Å². The molecule has 1 N–H and O–H groups in total. The molecule has 1 saturated heterocycles. The molecule has 2 unspecified atom stereocenters. The van der Waals surface area contributed by atoms with E-state index in [2.05, 4.69) is 12.5 Å². The Hall–Kier alpha value is 1.17. The number of hydrogen-bond donors (Lipinski definition) is 1. The maximum Gasteiger partial charge on any atom is 0.102 e. The largest absolute Gasteiger partial charge is 0.383 e. The van der Waals surface area contributed by atoms with Crippen LogP contribution in [0.2, 0.25) is 0 Å². The van der Waals surface area contributed by atoms with Crippen LogP contribution in [0.25, 0.3) is 0 Å². The summed E-state index contributed by atoms with van der Waals surface area (Å²) in [7, 11) is 1.52. The summed E-state index contributed by atoms with van der Waals surface area (Å²) in [5, 5.41) is 8.83. The van der Waals surface area contributed by atoms with Gasteiger partial charge in [-0.25, -0.2) is 9.27 Å². The summed E-state index contributed by atoms with van der Waals surface area (Å²) in [6.45, 7) is 0. The Morgan fingerprint density at radius 1 is 1.43 bits per heavy atom. The summed E-state index contributed by atoms with van der Waals surface area (Å²) in [6, 6.07) is 0. The van der Waals surface area contributed by atoms with Gasteiger partial charge in [0.2, 0.25) is 0 Å². The zero-order valence-corrected chi connectivity index (χ0v) is 7.25. The van der Waals surface area contributed by atoms with Crippen molar-refractivity contribution in [3.05, 3.63) is 0 Å². The van der Waals surface area contributed by atoms with Crippen molar-refractivity contribution in [3.63, 3.8) is 0 Å². The van der Waals surface area contributed by atoms with Crippen LogP contribution in [-0.4, -0.2) is 23.2 Å². The van der Waals surface area contributed by atoms with Crippen molar-refractivity contribution in [2.75, 3.05) is 12.5 Å². The van der Waals surface area contributed by atoms with Gasteiger partial charge in [-0.1, -0.05) is 0 Å². The van der Waals surface area contributed by atoms with E-state index >= 15 is 0 Å². The summed E-state index contributed by atoms with van der Waals surface area (Å²) in [4.78, 5) is 0. The molecular formula is C3H10OP2S. The molecule has 1 aliphatic heterocycles. The maximum atomic E-state index is 8.83. The van der Waals surface area contributed by atoms with Crippen LogP contribution in [0.15, 0.2) is 0 Å². The van der Waals surface area contributed by atoms with Gasteiger partial charge in [0.25, 0.3) is 0 Å². The third kappa shape index (κ3) is 1.54. The average molecular weight is 156 g/mol. The molecule has 44 valence electrons. The Balaban J connectivity index is 2.29. The van der Waals surface area contributed by atoms with Crippen LogP contribution in [0.1, 0.15) is 0 Å². The molecule has 7 heavy (non-hydrogen) atoms. The van der Waals surface area contributed by atoms with Gasteiger partial charge in [0.15, 0.2) is 0 Å². The summed E-state index contributed by atoms with van der Waals surface area (Å²) in [5.41, 5.74) is 0.102. The predicted octanol–water partition coefficient (Wildman–Crippen LogP) is 1.53. The number of rotatable bonds is 0. The van der Waals surface area contributed by atoms with Crippen LogP contribution in [0, 0.1) is 0 Å². The van der Waals surface area contributed by atoms with Crippen LogP contribution in [0.5, 0.6) is 0 Å². The van der Waals surface area contributed by atoms with E-state index in [-0.39, 0.29) is 14.9 Å². The number of aliphatic hydroxyl groups is 1. The SMILES string of the molecule is CS1(C)PC(O)P1. The van der Waals surface area contributed by atoms with E-state index in [4.69, 9.17) is 5.11 Å². The third-order valence-electron chi connectivity index (χ3n) is 0.813. The van der Waals surface area contributed by atoms with Crippen LogP contribution >= 0.6 is 24.8 Å². The molecule has 1 fully saturated rings. The Kier molecular flexibility index (Phi) is 1.66. The van der Waals surface area contributed by atoms with Gasteiger partial charge in [-0.15, -0.1) is 0 Å². The molecule has 0 spiro atoms. The van der Waals surface area contributed by atoms with Gasteiger partial charge in [-0.2, -0.15) is 0 Å². The first-order chi connectivity index (χ1) is 3.10. The predicted molar refractivity (Wildman–Crippen MR) is 42.1 cm³/mol. The van der Waals surface area contributed by atoms with Crippen LogP contribution < -0.4 is 0 Å². The second-order valence-electron chi connectivity index (χ2n) is 1.97. The van der Waals surface area contributed by atoms with Crippen molar-refractivity contribution in [2.24, 2.45) is 0 Å². The minimum Gasteiger partial charge on any atom is -0.383 e. The zero-order valence-electron chi connectivity index (χ0n) is 4.43. The molecule has 0 saturated carbocycles. The van der Waals surface area contributed by atoms with Crippen molar-refractivity contribution < 1.29 is 5.11 Å². The standard InChI is InChI=1S/C3H10OP2S/c1-7(2)5-3(4)6-7/h3-6H,1-2H3. The van der Waals surface area contributed by atoms with Gasteiger partial charge >= 0.3 is 0 Å². The fraction of sp³-hybridized carbons (Fsp3) is 1.00. The summed E-state index contributed by atoms with van der Waals surface area (Å²) >= 11 is 0. The van der Waals surface area contributed by atoms with E-state index in [1.807, 2.05) is 0 Å². The monoisotopic (exact) mass is 156 g/mol. The molecule has 0 aromatic heterocycles. The first kappa shape index (κ1) is 6.29. The van der Waals surface area contributed by atoms with Gasteiger partial charge in [0, 0.05) is 0 Å². The molecule has 2 atom stereocenters. The highest BCUT2D eigenvalue weighted by Crippen LogP contribution is 2.87. The topological polar surface area (TPSA) is 20.2 Å². The van der Waals surface area contributed by atoms with E-state index in [0.717, 1.165) is 15.6 Å². The molecule has 0 amide bonds. The Bertz CT molecular complexity index is 77.0. The van der Waals surface area contributed by atoms with Crippen LogP contribution in [-0.2, 0) is 0 Å². The lowest BCUT2D eigenvalue weighted by Crippen LogP contribution is -2.02. The summed E-state index contributed by atoms with van der Waals surface area (Å²) in [5.74, 6) is 0. The van der Waals surface area contributed by atoms with Gasteiger partial charge in [-0.05, 0) is 28.1 Å². The van der Waals surface area contributed by atoms with Gasteiger partial charge in [-0.3, -0.25) is 0 Å². The third-order valence-corrected chi connectivity index (χ3v) is 11.6. The van der Waals surface area contributed by atoms with Crippen molar-refractivity contribution in [2.45, 2.75) is 5.59 Å². The number of hydrogen-bond acceptors (Lipinski definition) is 1. The highest BCUT2D eigenvalue weighted by Gasteiger charge is 2.29. The van der Waals surface area contributed by atoms with Gasteiger partial charge < -0.3 is 5.11 Å². The lowest BCUT2D eigenvalue weighted by Gasteiger charge is -2.44. The van der Waals surface area contributed by atoms with E-state index in [9.17, 15) is 0 Å². The molecule has 1 heterocycles. The minimum absolute atomic E-state index is 0.102. The first-order valence-corrected chi connectivity index (χ1v) is 8.11. The van der Waals surface area contributed by atoms with Gasteiger partial charge in [0.05, 0.1) is 0 Å². The van der Waals surface area contributed by atoms with Gasteiger partial charge in [0.1, 0.15) is 5.59 Å². The molecule has 1 rings (SSSR count). The fourth-order valence-corrected chi connectivity index (χ4v) is 11.3. The molecule has 4 heteroatoms. The van der Waals surface area contributed by atoms with E-state index in [1.165, 1.54) is 0 Å². The fourth-order valence-electron chi connectivity index (χ4n) is 0.558. The van der Waals surface area contributed by atoms with Crippen LogP contribution in [0.4, 0.5) is 0 Å². The van der Waals surface area contributed by atoms with Crippen LogP contribution in [0.3, 0.4) is 0 Å². The van der Waals surface area contributed by atoms with Crippen molar-refractivity contribution in [3.8, 4) is 0 Å². The molecule has 0 aromatic rings. The summed E-state index contributed by atoms with van der Waals surface area (Å²) in [6.07, 6.45) is 4.58. The minimum atomic E-state index is -0.225. The molecule has 1 nitrogen and oxygen atoms in total. The Morgan fingerprint density at radius 3 is 1.86 bits per heavy atom. The van der Waals surface area contributed by atoms with Crippen molar-refractivity contribution in [1.29, 1.82) is 0 Å². The quantitative estimate of drug-likeness (QED) is 0.527. The Morgan fingerprint density at radius 2 is 1.86 bits per heavy atom. The lowest BCUT2D eigenvalue weighted by atomic mass is 11.7. The molecule has 1 aliphatic rings. The smallest absolute Gasteiger partial charge is 0.102 e. The zero-order chi connectivity index (χ0) is 5.49. The average Bonchev–Trinajstić information content (AvgIpc) is 1.27. The molecule has 0 radical (unpaired) electrons. The molecule has 0 bridgehead atoms. The second-order valence-corrected chi connectivity index (χ2v) is 15.5. The summed E-state index contributed by atoms with van der Waals surface area (Å²) < 4.78 is 0.